The fraction of sp³-hybridized carbons (Fsp3) is 0.222. The number of anilines is 1. The number of nitrogens with one attached hydrogen (secondary N) is 1. The van der Waals surface area contributed by atoms with Gasteiger partial charge in [-0.1, -0.05) is 40.9 Å². The predicted molar refractivity (Wildman–Crippen MR) is 101 cm³/mol. The summed E-state index contributed by atoms with van der Waals surface area (Å²) in [5, 5.41) is 3.63. The maximum Gasteiger partial charge on any atom is 0.257 e. The molecule has 2 aromatic carbocycles. The highest BCUT2D eigenvalue weighted by molar-refractivity contribution is 6.44. The van der Waals surface area contributed by atoms with Gasteiger partial charge in [-0.05, 0) is 43.2 Å². The van der Waals surface area contributed by atoms with Crippen LogP contribution in [0.3, 0.4) is 0 Å². The number of carbonyl (C=O) groups excluding carboxylic acids is 2. The second kappa shape index (κ2) is 7.65. The van der Waals surface area contributed by atoms with Crippen molar-refractivity contribution in [2.24, 2.45) is 0 Å². The number of hydrogen-bond acceptors (Lipinski definition) is 2. The summed E-state index contributed by atoms with van der Waals surface area (Å²) < 4.78 is 0. The van der Waals surface area contributed by atoms with E-state index in [4.69, 9.17) is 34.8 Å². The van der Waals surface area contributed by atoms with E-state index in [0.717, 1.165) is 12.8 Å². The molecule has 1 heterocycles. The Bertz CT molecular complexity index is 833. The number of carbonyl (C=O) groups is 2. The van der Waals surface area contributed by atoms with Crippen LogP contribution in [0.2, 0.25) is 15.1 Å². The molecule has 0 unspecified atom stereocenters. The monoisotopic (exact) mass is 396 g/mol. The van der Waals surface area contributed by atoms with Gasteiger partial charge in [-0.3, -0.25) is 9.59 Å². The molecule has 0 saturated carbocycles. The van der Waals surface area contributed by atoms with Crippen LogP contribution in [0.1, 0.15) is 33.6 Å². The summed E-state index contributed by atoms with van der Waals surface area (Å²) in [7, 11) is 0. The van der Waals surface area contributed by atoms with Gasteiger partial charge in [0.05, 0.1) is 26.9 Å². The Hall–Kier alpha value is -1.75. The van der Waals surface area contributed by atoms with Crippen molar-refractivity contribution < 1.29 is 9.59 Å². The highest BCUT2D eigenvalue weighted by atomic mass is 35.5. The highest BCUT2D eigenvalue weighted by Crippen LogP contribution is 2.28. The fourth-order valence-electron chi connectivity index (χ4n) is 2.76. The molecule has 0 spiro atoms. The molecule has 2 amide bonds. The topological polar surface area (TPSA) is 49.4 Å². The Morgan fingerprint density at radius 3 is 2.40 bits per heavy atom. The van der Waals surface area contributed by atoms with Crippen molar-refractivity contribution in [2.45, 2.75) is 12.8 Å². The number of benzene rings is 2. The number of rotatable bonds is 3. The first-order valence-corrected chi connectivity index (χ1v) is 8.95. The Morgan fingerprint density at radius 1 is 0.960 bits per heavy atom. The molecule has 1 saturated heterocycles. The van der Waals surface area contributed by atoms with Gasteiger partial charge in [0.15, 0.2) is 0 Å². The first-order valence-electron chi connectivity index (χ1n) is 7.81. The predicted octanol–water partition coefficient (Wildman–Crippen LogP) is 5.14. The van der Waals surface area contributed by atoms with Crippen LogP contribution in [-0.4, -0.2) is 29.8 Å². The van der Waals surface area contributed by atoms with Crippen molar-refractivity contribution in [3.8, 4) is 0 Å². The van der Waals surface area contributed by atoms with E-state index in [2.05, 4.69) is 5.32 Å². The Kier molecular flexibility index (Phi) is 5.52. The third-order valence-electron chi connectivity index (χ3n) is 4.05. The van der Waals surface area contributed by atoms with Crippen molar-refractivity contribution >= 4 is 52.3 Å². The molecule has 0 aliphatic carbocycles. The summed E-state index contributed by atoms with van der Waals surface area (Å²) in [6.07, 6.45) is 1.96. The van der Waals surface area contributed by atoms with Crippen molar-refractivity contribution in [2.75, 3.05) is 18.4 Å². The summed E-state index contributed by atoms with van der Waals surface area (Å²) in [4.78, 5) is 27.0. The molecule has 1 aliphatic heterocycles. The maximum absolute atomic E-state index is 12.7. The van der Waals surface area contributed by atoms with Gasteiger partial charge in [0.1, 0.15) is 0 Å². The summed E-state index contributed by atoms with van der Waals surface area (Å²) in [5.41, 5.74) is 0.993. The van der Waals surface area contributed by atoms with Gasteiger partial charge in [0, 0.05) is 18.1 Å². The summed E-state index contributed by atoms with van der Waals surface area (Å²) in [6.45, 7) is 1.41. The standard InChI is InChI=1S/C18H15Cl3N2O2/c19-11-6-7-15(13(10-11)18(25)23-8-1-2-9-23)22-17(24)12-4-3-5-14(20)16(12)21/h3-7,10H,1-2,8-9H2,(H,22,24). The molecule has 1 aliphatic rings. The van der Waals surface area contributed by atoms with Gasteiger partial charge in [0.2, 0.25) is 0 Å². The van der Waals surface area contributed by atoms with Gasteiger partial charge < -0.3 is 10.2 Å². The maximum atomic E-state index is 12.7. The van der Waals surface area contributed by atoms with Crippen LogP contribution >= 0.6 is 34.8 Å². The lowest BCUT2D eigenvalue weighted by molar-refractivity contribution is 0.0794. The second-order valence-electron chi connectivity index (χ2n) is 5.74. The molecule has 0 atom stereocenters. The molecular weight excluding hydrogens is 383 g/mol. The largest absolute Gasteiger partial charge is 0.339 e. The van der Waals surface area contributed by atoms with E-state index >= 15 is 0 Å². The van der Waals surface area contributed by atoms with Gasteiger partial charge >= 0.3 is 0 Å². The van der Waals surface area contributed by atoms with Gasteiger partial charge in [-0.25, -0.2) is 0 Å². The zero-order valence-electron chi connectivity index (χ0n) is 13.2. The lowest BCUT2D eigenvalue weighted by atomic mass is 10.1. The van der Waals surface area contributed by atoms with E-state index < -0.39 is 5.91 Å². The Balaban J connectivity index is 1.90. The Morgan fingerprint density at radius 2 is 1.68 bits per heavy atom. The van der Waals surface area contributed by atoms with Crippen LogP contribution < -0.4 is 5.32 Å². The minimum Gasteiger partial charge on any atom is -0.339 e. The molecule has 2 aromatic rings. The van der Waals surface area contributed by atoms with E-state index in [-0.39, 0.29) is 16.5 Å². The van der Waals surface area contributed by atoms with Crippen molar-refractivity contribution in [1.82, 2.24) is 4.90 Å². The third-order valence-corrected chi connectivity index (χ3v) is 5.10. The van der Waals surface area contributed by atoms with E-state index in [1.54, 1.807) is 41.3 Å². The number of amides is 2. The summed E-state index contributed by atoms with van der Waals surface area (Å²) in [5.74, 6) is -0.585. The third kappa shape index (κ3) is 3.92. The number of hydrogen-bond donors (Lipinski definition) is 1. The molecule has 3 rings (SSSR count). The van der Waals surface area contributed by atoms with Crippen molar-refractivity contribution in [1.29, 1.82) is 0 Å². The summed E-state index contributed by atoms with van der Waals surface area (Å²) >= 11 is 18.1. The molecule has 0 aromatic heterocycles. The van der Waals surface area contributed by atoms with Crippen LogP contribution in [-0.2, 0) is 0 Å². The smallest absolute Gasteiger partial charge is 0.257 e. The molecular formula is C18H15Cl3N2O2. The molecule has 1 fully saturated rings. The Labute approximate surface area is 160 Å². The average molecular weight is 398 g/mol. The first kappa shape index (κ1) is 18.1. The molecule has 0 bridgehead atoms. The lowest BCUT2D eigenvalue weighted by Gasteiger charge is -2.18. The zero-order chi connectivity index (χ0) is 18.0. The first-order chi connectivity index (χ1) is 12.0. The van der Waals surface area contributed by atoms with Crippen LogP contribution in [0.5, 0.6) is 0 Å². The molecule has 0 radical (unpaired) electrons. The van der Waals surface area contributed by atoms with E-state index in [1.165, 1.54) is 0 Å². The number of nitrogens with zero attached hydrogens (tertiary/aromatic N) is 1. The van der Waals surface area contributed by atoms with Gasteiger partial charge in [-0.15, -0.1) is 0 Å². The van der Waals surface area contributed by atoms with E-state index in [9.17, 15) is 9.59 Å². The van der Waals surface area contributed by atoms with E-state index in [1.807, 2.05) is 0 Å². The zero-order valence-corrected chi connectivity index (χ0v) is 15.5. The highest BCUT2D eigenvalue weighted by Gasteiger charge is 2.23. The fourth-order valence-corrected chi connectivity index (χ4v) is 3.32. The van der Waals surface area contributed by atoms with Crippen LogP contribution in [0.4, 0.5) is 5.69 Å². The molecule has 4 nitrogen and oxygen atoms in total. The molecule has 25 heavy (non-hydrogen) atoms. The quantitative estimate of drug-likeness (QED) is 0.780. The van der Waals surface area contributed by atoms with Crippen LogP contribution in [0.25, 0.3) is 0 Å². The van der Waals surface area contributed by atoms with E-state index in [0.29, 0.717) is 34.4 Å². The minimum atomic E-state index is -0.440. The SMILES string of the molecule is O=C(Nc1ccc(Cl)cc1C(=O)N1CCCC1)c1cccc(Cl)c1Cl. The van der Waals surface area contributed by atoms with Gasteiger partial charge in [-0.2, -0.15) is 0 Å². The second-order valence-corrected chi connectivity index (χ2v) is 6.97. The molecule has 1 N–H and O–H groups in total. The lowest BCUT2D eigenvalue weighted by Crippen LogP contribution is -2.29. The minimum absolute atomic E-state index is 0.146. The number of likely N-dealkylation sites (tertiary alicyclic amines) is 1. The molecule has 130 valence electrons. The summed E-state index contributed by atoms with van der Waals surface area (Å²) in [6, 6.07) is 9.62. The van der Waals surface area contributed by atoms with Crippen LogP contribution in [0, 0.1) is 0 Å². The normalized spacial score (nSPS) is 13.8. The number of halogens is 3. The molecule has 7 heteroatoms. The van der Waals surface area contributed by atoms with Crippen molar-refractivity contribution in [3.05, 3.63) is 62.6 Å². The van der Waals surface area contributed by atoms with Gasteiger partial charge in [0.25, 0.3) is 11.8 Å². The average Bonchev–Trinajstić information content (AvgIpc) is 3.12. The van der Waals surface area contributed by atoms with Crippen molar-refractivity contribution in [3.63, 3.8) is 0 Å². The van der Waals surface area contributed by atoms with Crippen LogP contribution in [0.15, 0.2) is 36.4 Å².